The summed E-state index contributed by atoms with van der Waals surface area (Å²) in [7, 11) is 0. The van der Waals surface area contributed by atoms with Crippen LogP contribution < -0.4 is 5.32 Å². The Labute approximate surface area is 104 Å². The second-order valence-electron chi connectivity index (χ2n) is 4.47. The van der Waals surface area contributed by atoms with Gasteiger partial charge in [-0.3, -0.25) is 0 Å². The van der Waals surface area contributed by atoms with Gasteiger partial charge in [-0.25, -0.2) is 0 Å². The Morgan fingerprint density at radius 1 is 1.44 bits per heavy atom. The summed E-state index contributed by atoms with van der Waals surface area (Å²) in [6.07, 6.45) is 15.4. The topological polar surface area (TPSA) is 21.3 Å². The van der Waals surface area contributed by atoms with Gasteiger partial charge in [0, 0.05) is 12.3 Å². The summed E-state index contributed by atoms with van der Waals surface area (Å²) in [6, 6.07) is 0.423. The Balaban J connectivity index is 2.26. The molecule has 1 N–H and O–H groups in total. The summed E-state index contributed by atoms with van der Waals surface area (Å²) in [5.74, 6) is 3.51. The molecule has 0 heterocycles. The largest absolute Gasteiger partial charge is 0.314 e. The van der Waals surface area contributed by atoms with E-state index in [1.54, 1.807) is 0 Å². The Kier molecular flexibility index (Phi) is 7.75. The lowest BCUT2D eigenvalue weighted by atomic mass is 9.85. The van der Waals surface area contributed by atoms with Crippen molar-refractivity contribution in [1.82, 2.24) is 5.32 Å². The van der Waals surface area contributed by atoms with Crippen molar-refractivity contribution >= 4 is 12.0 Å². The van der Waals surface area contributed by atoms with Crippen LogP contribution in [0.4, 0.5) is 0 Å². The van der Waals surface area contributed by atoms with E-state index in [-0.39, 0.29) is 0 Å². The third kappa shape index (κ3) is 5.79. The van der Waals surface area contributed by atoms with Gasteiger partial charge in [0.1, 0.15) is 0 Å². The lowest BCUT2D eigenvalue weighted by molar-refractivity contribution is 0.244. The van der Waals surface area contributed by atoms with Crippen LogP contribution in [0.1, 0.15) is 38.5 Å². The van der Waals surface area contributed by atoms with Gasteiger partial charge in [-0.15, -0.1) is 6.42 Å². The van der Waals surface area contributed by atoms with Crippen molar-refractivity contribution in [3.05, 3.63) is 0 Å². The zero-order valence-corrected chi connectivity index (χ0v) is 11.0. The first-order chi connectivity index (χ1) is 7.86. The minimum atomic E-state index is 0.423. The molecule has 1 aliphatic rings. The molecule has 92 valence electrons. The minimum Gasteiger partial charge on any atom is -0.314 e. The van der Waals surface area contributed by atoms with Crippen LogP contribution in [0.2, 0.25) is 0 Å². The first-order valence-corrected chi connectivity index (χ1v) is 7.34. The highest BCUT2D eigenvalue weighted by Gasteiger charge is 2.18. The molecule has 1 atom stereocenters. The van der Waals surface area contributed by atoms with Crippen LogP contribution >= 0.6 is 12.0 Å². The monoisotopic (exact) mass is 241 g/mol. The van der Waals surface area contributed by atoms with Crippen LogP contribution in [-0.4, -0.2) is 25.4 Å². The number of hydrogen-bond acceptors (Lipinski definition) is 3. The van der Waals surface area contributed by atoms with Crippen molar-refractivity contribution in [3.8, 4) is 12.3 Å². The maximum absolute atomic E-state index is 5.42. The van der Waals surface area contributed by atoms with Crippen LogP contribution in [0.15, 0.2) is 0 Å². The van der Waals surface area contributed by atoms with Crippen molar-refractivity contribution in [2.75, 3.05) is 19.4 Å². The third-order valence-corrected chi connectivity index (χ3v) is 3.59. The molecule has 2 nitrogen and oxygen atoms in total. The zero-order chi connectivity index (χ0) is 11.6. The molecule has 16 heavy (non-hydrogen) atoms. The van der Waals surface area contributed by atoms with Gasteiger partial charge in [0.25, 0.3) is 0 Å². The van der Waals surface area contributed by atoms with E-state index < -0.39 is 0 Å². The summed E-state index contributed by atoms with van der Waals surface area (Å²) < 4.78 is 5.42. The lowest BCUT2D eigenvalue weighted by Gasteiger charge is -2.26. The van der Waals surface area contributed by atoms with E-state index in [9.17, 15) is 0 Å². The molecule has 0 bridgehead atoms. The normalized spacial score (nSPS) is 19.2. The first kappa shape index (κ1) is 13.9. The van der Waals surface area contributed by atoms with E-state index in [0.29, 0.717) is 12.6 Å². The smallest absolute Gasteiger partial charge is 0.0767 e. The van der Waals surface area contributed by atoms with Gasteiger partial charge in [-0.05, 0) is 24.4 Å². The SMILES string of the molecule is C#CCNC(COSC)CC1CCCCC1. The molecule has 1 saturated carbocycles. The Morgan fingerprint density at radius 3 is 2.81 bits per heavy atom. The molecule has 0 aromatic rings. The van der Waals surface area contributed by atoms with Gasteiger partial charge in [0.15, 0.2) is 0 Å². The van der Waals surface area contributed by atoms with E-state index in [0.717, 1.165) is 12.5 Å². The molecule has 1 aliphatic carbocycles. The van der Waals surface area contributed by atoms with Gasteiger partial charge in [-0.2, -0.15) is 0 Å². The fourth-order valence-corrected chi connectivity index (χ4v) is 2.69. The van der Waals surface area contributed by atoms with Crippen LogP contribution in [0.5, 0.6) is 0 Å². The fraction of sp³-hybridized carbons (Fsp3) is 0.846. The van der Waals surface area contributed by atoms with E-state index in [4.69, 9.17) is 10.6 Å². The first-order valence-electron chi connectivity index (χ1n) is 6.19. The molecule has 0 aromatic carbocycles. The highest BCUT2D eigenvalue weighted by Crippen LogP contribution is 2.27. The van der Waals surface area contributed by atoms with Gasteiger partial charge in [-0.1, -0.05) is 38.0 Å². The molecule has 1 fully saturated rings. The molecule has 0 spiro atoms. The summed E-state index contributed by atoms with van der Waals surface area (Å²) in [5, 5.41) is 3.38. The maximum Gasteiger partial charge on any atom is 0.0767 e. The molecule has 0 aliphatic heterocycles. The van der Waals surface area contributed by atoms with Crippen LogP contribution in [0, 0.1) is 18.3 Å². The number of nitrogens with one attached hydrogen (secondary N) is 1. The van der Waals surface area contributed by atoms with Crippen molar-refractivity contribution in [2.24, 2.45) is 5.92 Å². The van der Waals surface area contributed by atoms with E-state index >= 15 is 0 Å². The highest BCUT2D eigenvalue weighted by atomic mass is 32.2. The second-order valence-corrected chi connectivity index (χ2v) is 5.04. The lowest BCUT2D eigenvalue weighted by Crippen LogP contribution is -2.35. The summed E-state index contributed by atoms with van der Waals surface area (Å²) in [5.41, 5.74) is 0. The van der Waals surface area contributed by atoms with Gasteiger partial charge < -0.3 is 9.50 Å². The predicted molar refractivity (Wildman–Crippen MR) is 71.3 cm³/mol. The van der Waals surface area contributed by atoms with Crippen molar-refractivity contribution in [3.63, 3.8) is 0 Å². The summed E-state index contributed by atoms with van der Waals surface area (Å²) in [4.78, 5) is 0. The van der Waals surface area contributed by atoms with Gasteiger partial charge >= 0.3 is 0 Å². The molecule has 0 saturated heterocycles. The second kappa shape index (κ2) is 8.92. The van der Waals surface area contributed by atoms with Gasteiger partial charge in [0.2, 0.25) is 0 Å². The van der Waals surface area contributed by atoms with Crippen LogP contribution in [-0.2, 0) is 4.18 Å². The van der Waals surface area contributed by atoms with E-state index in [1.807, 2.05) is 6.26 Å². The number of terminal acetylenes is 1. The Hall–Kier alpha value is -0.170. The van der Waals surface area contributed by atoms with Crippen LogP contribution in [0.25, 0.3) is 0 Å². The molecule has 0 radical (unpaired) electrons. The molecule has 1 unspecified atom stereocenters. The minimum absolute atomic E-state index is 0.423. The van der Waals surface area contributed by atoms with Crippen LogP contribution in [0.3, 0.4) is 0 Å². The molecule has 0 amide bonds. The quantitative estimate of drug-likeness (QED) is 0.547. The Bertz CT molecular complexity index is 208. The maximum atomic E-state index is 5.42. The van der Waals surface area contributed by atoms with E-state index in [1.165, 1.54) is 50.6 Å². The summed E-state index contributed by atoms with van der Waals surface area (Å²) in [6.45, 7) is 1.41. The summed E-state index contributed by atoms with van der Waals surface area (Å²) >= 11 is 1.43. The Morgan fingerprint density at radius 2 is 2.19 bits per heavy atom. The fourth-order valence-electron chi connectivity index (χ4n) is 2.39. The zero-order valence-electron chi connectivity index (χ0n) is 10.2. The number of hydrogen-bond donors (Lipinski definition) is 1. The van der Waals surface area contributed by atoms with Crippen molar-refractivity contribution in [1.29, 1.82) is 0 Å². The molecule has 1 rings (SSSR count). The molecule has 3 heteroatoms. The predicted octanol–water partition coefficient (Wildman–Crippen LogP) is 2.84. The number of rotatable bonds is 7. The average molecular weight is 241 g/mol. The standard InChI is InChI=1S/C13H23NOS/c1-3-9-14-13(11-15-16-2)10-12-7-5-4-6-8-12/h1,12-14H,4-11H2,2H3. The molecule has 0 aromatic heterocycles. The van der Waals surface area contributed by atoms with Crippen molar-refractivity contribution in [2.45, 2.75) is 44.6 Å². The van der Waals surface area contributed by atoms with Gasteiger partial charge in [0.05, 0.1) is 13.2 Å². The third-order valence-electron chi connectivity index (χ3n) is 3.22. The molecular formula is C13H23NOS. The highest BCUT2D eigenvalue weighted by molar-refractivity contribution is 7.93. The van der Waals surface area contributed by atoms with E-state index in [2.05, 4.69) is 11.2 Å². The average Bonchev–Trinajstić information content (AvgIpc) is 2.34. The van der Waals surface area contributed by atoms with Crippen molar-refractivity contribution < 1.29 is 4.18 Å². The molecular weight excluding hydrogens is 218 g/mol.